The third-order valence-electron chi connectivity index (χ3n) is 2.83. The summed E-state index contributed by atoms with van der Waals surface area (Å²) in [5, 5.41) is 0.174. The first-order chi connectivity index (χ1) is 9.09. The molecule has 7 heteroatoms. The van der Waals surface area contributed by atoms with Crippen molar-refractivity contribution in [2.24, 2.45) is 5.92 Å². The lowest BCUT2D eigenvalue weighted by Crippen LogP contribution is -2.26. The van der Waals surface area contributed by atoms with E-state index in [-0.39, 0.29) is 9.92 Å². The Morgan fingerprint density at radius 2 is 2.26 bits per heavy atom. The van der Waals surface area contributed by atoms with Crippen LogP contribution in [0.2, 0.25) is 5.02 Å². The van der Waals surface area contributed by atoms with Crippen molar-refractivity contribution in [2.75, 3.05) is 19.8 Å². The van der Waals surface area contributed by atoms with E-state index in [4.69, 9.17) is 16.3 Å². The molecule has 1 fully saturated rings. The molecule has 1 aliphatic rings. The Morgan fingerprint density at radius 3 is 2.95 bits per heavy atom. The van der Waals surface area contributed by atoms with Crippen molar-refractivity contribution in [3.8, 4) is 0 Å². The van der Waals surface area contributed by atoms with Gasteiger partial charge in [-0.3, -0.25) is 4.98 Å². The van der Waals surface area contributed by atoms with E-state index in [2.05, 4.69) is 9.71 Å². The monoisotopic (exact) mass is 304 g/mol. The predicted molar refractivity (Wildman–Crippen MR) is 72.6 cm³/mol. The molecule has 0 spiro atoms. The molecule has 0 bridgehead atoms. The maximum absolute atomic E-state index is 11.9. The number of hydrogen-bond donors (Lipinski definition) is 1. The lowest BCUT2D eigenvalue weighted by molar-refractivity contribution is 0.123. The molecule has 1 aliphatic carbocycles. The smallest absolute Gasteiger partial charge is 0.243 e. The molecule has 0 aromatic carbocycles. The minimum Gasteiger partial charge on any atom is -0.381 e. The summed E-state index contributed by atoms with van der Waals surface area (Å²) in [6.07, 6.45) is 5.85. The molecule has 0 unspecified atom stereocenters. The summed E-state index contributed by atoms with van der Waals surface area (Å²) >= 11 is 5.83. The van der Waals surface area contributed by atoms with Crippen LogP contribution in [0.3, 0.4) is 0 Å². The van der Waals surface area contributed by atoms with Gasteiger partial charge in [0.1, 0.15) is 4.90 Å². The highest BCUT2D eigenvalue weighted by Crippen LogP contribution is 2.28. The molecule has 106 valence electrons. The number of ether oxygens (including phenoxy) is 1. The van der Waals surface area contributed by atoms with Crippen molar-refractivity contribution in [3.63, 3.8) is 0 Å². The minimum atomic E-state index is -3.58. The summed E-state index contributed by atoms with van der Waals surface area (Å²) < 4.78 is 31.8. The van der Waals surface area contributed by atoms with Crippen LogP contribution in [0.4, 0.5) is 0 Å². The van der Waals surface area contributed by atoms with Gasteiger partial charge in [0.25, 0.3) is 0 Å². The second-order valence-electron chi connectivity index (χ2n) is 4.58. The Hall–Kier alpha value is -0.690. The van der Waals surface area contributed by atoms with E-state index in [1.54, 1.807) is 0 Å². The maximum atomic E-state index is 11.9. The van der Waals surface area contributed by atoms with E-state index in [9.17, 15) is 8.42 Å². The summed E-state index contributed by atoms with van der Waals surface area (Å²) in [6.45, 7) is 1.69. The average Bonchev–Trinajstić information content (AvgIpc) is 3.18. The molecule has 5 nitrogen and oxygen atoms in total. The largest absolute Gasteiger partial charge is 0.381 e. The van der Waals surface area contributed by atoms with Gasteiger partial charge in [0.15, 0.2) is 0 Å². The number of sulfonamides is 1. The minimum absolute atomic E-state index is 0.00978. The van der Waals surface area contributed by atoms with Gasteiger partial charge in [-0.2, -0.15) is 0 Å². The molecule has 1 saturated carbocycles. The summed E-state index contributed by atoms with van der Waals surface area (Å²) in [4.78, 5) is 3.78. The van der Waals surface area contributed by atoms with E-state index in [0.717, 1.165) is 12.5 Å². The molecule has 1 N–H and O–H groups in total. The Labute approximate surface area is 118 Å². The first-order valence-corrected chi connectivity index (χ1v) is 8.12. The van der Waals surface area contributed by atoms with Crippen molar-refractivity contribution in [1.82, 2.24) is 9.71 Å². The maximum Gasteiger partial charge on any atom is 0.243 e. The van der Waals surface area contributed by atoms with Crippen LogP contribution in [-0.2, 0) is 14.8 Å². The van der Waals surface area contributed by atoms with Gasteiger partial charge in [-0.05, 0) is 31.2 Å². The number of hydrogen-bond acceptors (Lipinski definition) is 4. The van der Waals surface area contributed by atoms with Crippen molar-refractivity contribution in [1.29, 1.82) is 0 Å². The lowest BCUT2D eigenvalue weighted by Gasteiger charge is -2.08. The molecule has 2 rings (SSSR count). The van der Waals surface area contributed by atoms with Crippen LogP contribution in [0, 0.1) is 5.92 Å². The van der Waals surface area contributed by atoms with Crippen molar-refractivity contribution < 1.29 is 13.2 Å². The zero-order chi connectivity index (χ0) is 13.7. The van der Waals surface area contributed by atoms with Gasteiger partial charge in [-0.1, -0.05) is 11.6 Å². The van der Waals surface area contributed by atoms with Crippen LogP contribution < -0.4 is 4.72 Å². The Kier molecular flexibility index (Phi) is 5.15. The Morgan fingerprint density at radius 1 is 1.47 bits per heavy atom. The van der Waals surface area contributed by atoms with Gasteiger partial charge < -0.3 is 4.74 Å². The predicted octanol–water partition coefficient (Wildman–Crippen LogP) is 1.83. The lowest BCUT2D eigenvalue weighted by atomic mass is 10.4. The number of nitrogens with one attached hydrogen (secondary N) is 1. The highest BCUT2D eigenvalue weighted by Gasteiger charge is 2.21. The average molecular weight is 305 g/mol. The summed E-state index contributed by atoms with van der Waals surface area (Å²) in [6, 6.07) is 1.45. The third kappa shape index (κ3) is 4.72. The second kappa shape index (κ2) is 6.65. The Balaban J connectivity index is 1.73. The summed E-state index contributed by atoms with van der Waals surface area (Å²) in [5.41, 5.74) is 0. The van der Waals surface area contributed by atoms with Gasteiger partial charge in [0.2, 0.25) is 10.0 Å². The standard InChI is InChI=1S/C12H17ClN2O3S/c13-11-4-6-14-8-12(11)19(16,17)15-5-1-7-18-9-10-2-3-10/h4,6,8,10,15H,1-3,5,7,9H2. The normalized spacial score (nSPS) is 15.6. The molecule has 0 atom stereocenters. The quantitative estimate of drug-likeness (QED) is 0.744. The SMILES string of the molecule is O=S(=O)(NCCCOCC1CC1)c1cnccc1Cl. The summed E-state index contributed by atoms with van der Waals surface area (Å²) in [7, 11) is -3.58. The number of rotatable bonds is 8. The zero-order valence-corrected chi connectivity index (χ0v) is 12.1. The van der Waals surface area contributed by atoms with Gasteiger partial charge in [0, 0.05) is 32.2 Å². The number of aromatic nitrogens is 1. The van der Waals surface area contributed by atoms with Gasteiger partial charge in [0.05, 0.1) is 5.02 Å². The summed E-state index contributed by atoms with van der Waals surface area (Å²) in [5.74, 6) is 0.728. The van der Waals surface area contributed by atoms with E-state index >= 15 is 0 Å². The van der Waals surface area contributed by atoms with Crippen LogP contribution in [0.1, 0.15) is 19.3 Å². The van der Waals surface area contributed by atoms with Crippen LogP contribution in [0.25, 0.3) is 0 Å². The fourth-order valence-electron chi connectivity index (χ4n) is 1.55. The molecular weight excluding hydrogens is 288 g/mol. The van der Waals surface area contributed by atoms with Crippen LogP contribution in [0.5, 0.6) is 0 Å². The second-order valence-corrected chi connectivity index (χ2v) is 6.72. The highest BCUT2D eigenvalue weighted by molar-refractivity contribution is 7.89. The first-order valence-electron chi connectivity index (χ1n) is 6.26. The van der Waals surface area contributed by atoms with Crippen molar-refractivity contribution in [2.45, 2.75) is 24.2 Å². The fourth-order valence-corrected chi connectivity index (χ4v) is 3.06. The topological polar surface area (TPSA) is 68.3 Å². The molecule has 0 amide bonds. The fraction of sp³-hybridized carbons (Fsp3) is 0.583. The first kappa shape index (κ1) is 14.7. The van der Waals surface area contributed by atoms with E-state index in [1.165, 1.54) is 31.3 Å². The molecule has 1 aromatic rings. The van der Waals surface area contributed by atoms with E-state index in [1.807, 2.05) is 0 Å². The van der Waals surface area contributed by atoms with E-state index in [0.29, 0.717) is 19.6 Å². The van der Waals surface area contributed by atoms with Crippen molar-refractivity contribution in [3.05, 3.63) is 23.5 Å². The molecule has 0 saturated heterocycles. The Bertz CT molecular complexity index is 517. The molecule has 19 heavy (non-hydrogen) atoms. The zero-order valence-electron chi connectivity index (χ0n) is 10.5. The number of nitrogens with zero attached hydrogens (tertiary/aromatic N) is 1. The van der Waals surface area contributed by atoms with E-state index < -0.39 is 10.0 Å². The van der Waals surface area contributed by atoms with Crippen molar-refractivity contribution >= 4 is 21.6 Å². The molecular formula is C12H17ClN2O3S. The van der Waals surface area contributed by atoms with Gasteiger partial charge in [-0.25, -0.2) is 13.1 Å². The van der Waals surface area contributed by atoms with Crippen LogP contribution in [0.15, 0.2) is 23.4 Å². The highest BCUT2D eigenvalue weighted by atomic mass is 35.5. The molecule has 0 radical (unpaired) electrons. The van der Waals surface area contributed by atoms with Crippen LogP contribution in [-0.4, -0.2) is 33.2 Å². The molecule has 1 heterocycles. The van der Waals surface area contributed by atoms with Gasteiger partial charge in [-0.15, -0.1) is 0 Å². The van der Waals surface area contributed by atoms with Crippen LogP contribution >= 0.6 is 11.6 Å². The number of halogens is 1. The molecule has 1 aromatic heterocycles. The molecule has 0 aliphatic heterocycles. The number of pyridine rings is 1. The third-order valence-corrected chi connectivity index (χ3v) is 4.76. The van der Waals surface area contributed by atoms with Gasteiger partial charge >= 0.3 is 0 Å².